The van der Waals surface area contributed by atoms with E-state index in [-0.39, 0.29) is 0 Å². The molecule has 2 nitrogen and oxygen atoms in total. The lowest BCUT2D eigenvalue weighted by molar-refractivity contribution is 0.334. The standard InChI is InChI=1S/C24H24N2/c1-3-14-26-15-12-19(13-16-26)23-17-20-9-5-7-11-22(20)24(25-23)21-10-6-4-8-18(21)2/h3-12,17H,1,13-16H2,2H3. The molecule has 1 aliphatic heterocycles. The third-order valence-corrected chi connectivity index (χ3v) is 5.15. The van der Waals surface area contributed by atoms with E-state index in [2.05, 4.69) is 79.1 Å². The summed E-state index contributed by atoms with van der Waals surface area (Å²) in [6.45, 7) is 8.98. The van der Waals surface area contributed by atoms with Crippen LogP contribution in [-0.2, 0) is 0 Å². The summed E-state index contributed by atoms with van der Waals surface area (Å²) in [7, 11) is 0. The van der Waals surface area contributed by atoms with Gasteiger partial charge in [-0.2, -0.15) is 0 Å². The molecule has 2 heteroatoms. The van der Waals surface area contributed by atoms with Crippen LogP contribution >= 0.6 is 0 Å². The van der Waals surface area contributed by atoms with Gasteiger partial charge in [-0.15, -0.1) is 6.58 Å². The minimum absolute atomic E-state index is 0.948. The number of pyridine rings is 1. The van der Waals surface area contributed by atoms with E-state index < -0.39 is 0 Å². The molecule has 0 spiro atoms. The first-order valence-corrected chi connectivity index (χ1v) is 9.24. The molecule has 1 aromatic heterocycles. The maximum Gasteiger partial charge on any atom is 0.0790 e. The largest absolute Gasteiger partial charge is 0.296 e. The molecule has 0 aliphatic carbocycles. The van der Waals surface area contributed by atoms with E-state index in [0.717, 1.165) is 37.4 Å². The first kappa shape index (κ1) is 16.7. The Bertz CT molecular complexity index is 984. The molecule has 1 aliphatic rings. The van der Waals surface area contributed by atoms with Gasteiger partial charge in [0.1, 0.15) is 0 Å². The van der Waals surface area contributed by atoms with Crippen molar-refractivity contribution in [1.82, 2.24) is 9.88 Å². The highest BCUT2D eigenvalue weighted by molar-refractivity contribution is 5.96. The van der Waals surface area contributed by atoms with E-state index >= 15 is 0 Å². The molecule has 130 valence electrons. The van der Waals surface area contributed by atoms with Crippen molar-refractivity contribution >= 4 is 16.3 Å². The zero-order chi connectivity index (χ0) is 17.9. The van der Waals surface area contributed by atoms with Crippen molar-refractivity contribution in [3.8, 4) is 11.3 Å². The molecule has 4 rings (SSSR count). The highest BCUT2D eigenvalue weighted by Crippen LogP contribution is 2.32. The van der Waals surface area contributed by atoms with Crippen LogP contribution in [0.5, 0.6) is 0 Å². The van der Waals surface area contributed by atoms with Gasteiger partial charge < -0.3 is 0 Å². The number of aromatic nitrogens is 1. The van der Waals surface area contributed by atoms with Gasteiger partial charge in [-0.3, -0.25) is 4.90 Å². The fraction of sp³-hybridized carbons (Fsp3) is 0.208. The molecule has 0 saturated heterocycles. The Balaban J connectivity index is 1.83. The van der Waals surface area contributed by atoms with Gasteiger partial charge in [0.05, 0.1) is 11.4 Å². The first-order chi connectivity index (χ1) is 12.8. The summed E-state index contributed by atoms with van der Waals surface area (Å²) in [6.07, 6.45) is 5.33. The Morgan fingerprint density at radius 2 is 1.92 bits per heavy atom. The Morgan fingerprint density at radius 3 is 2.69 bits per heavy atom. The van der Waals surface area contributed by atoms with E-state index in [4.69, 9.17) is 4.98 Å². The molecular weight excluding hydrogens is 316 g/mol. The van der Waals surface area contributed by atoms with Crippen LogP contribution < -0.4 is 0 Å². The summed E-state index contributed by atoms with van der Waals surface area (Å²) in [5.74, 6) is 0. The predicted octanol–water partition coefficient (Wildman–Crippen LogP) is 5.49. The molecule has 0 bridgehead atoms. The zero-order valence-electron chi connectivity index (χ0n) is 15.3. The van der Waals surface area contributed by atoms with Gasteiger partial charge >= 0.3 is 0 Å². The summed E-state index contributed by atoms with van der Waals surface area (Å²) in [6, 6.07) is 19.3. The third kappa shape index (κ3) is 3.21. The summed E-state index contributed by atoms with van der Waals surface area (Å²) in [5.41, 5.74) is 6.03. The van der Waals surface area contributed by atoms with Gasteiger partial charge in [-0.25, -0.2) is 4.98 Å². The number of rotatable bonds is 4. The van der Waals surface area contributed by atoms with E-state index in [1.807, 2.05) is 6.08 Å². The molecular formula is C24H24N2. The average Bonchev–Trinajstić information content (AvgIpc) is 2.68. The van der Waals surface area contributed by atoms with E-state index in [9.17, 15) is 0 Å². The fourth-order valence-corrected chi connectivity index (χ4v) is 3.70. The van der Waals surface area contributed by atoms with Gasteiger partial charge in [-0.05, 0) is 35.9 Å². The van der Waals surface area contributed by atoms with Gasteiger partial charge in [0.2, 0.25) is 0 Å². The maximum absolute atomic E-state index is 5.12. The SMILES string of the molecule is C=CCN1CC=C(c2cc3ccccc3c(-c3ccccc3C)n2)CC1. The summed E-state index contributed by atoms with van der Waals surface area (Å²) in [4.78, 5) is 7.52. The Kier molecular flexibility index (Phi) is 4.68. The minimum atomic E-state index is 0.948. The van der Waals surface area contributed by atoms with Crippen LogP contribution in [0.25, 0.3) is 27.6 Å². The normalized spacial score (nSPS) is 15.0. The molecule has 0 saturated carbocycles. The monoisotopic (exact) mass is 340 g/mol. The first-order valence-electron chi connectivity index (χ1n) is 9.24. The molecule has 0 atom stereocenters. The number of hydrogen-bond donors (Lipinski definition) is 0. The molecule has 2 heterocycles. The van der Waals surface area contributed by atoms with Gasteiger partial charge in [0, 0.05) is 30.6 Å². The van der Waals surface area contributed by atoms with Crippen LogP contribution in [0, 0.1) is 6.92 Å². The topological polar surface area (TPSA) is 16.1 Å². The molecule has 0 radical (unpaired) electrons. The lowest BCUT2D eigenvalue weighted by atomic mass is 9.97. The second kappa shape index (κ2) is 7.27. The van der Waals surface area contributed by atoms with E-state index in [1.54, 1.807) is 0 Å². The number of fused-ring (bicyclic) bond motifs is 1. The molecule has 0 fully saturated rings. The van der Waals surface area contributed by atoms with Crippen molar-refractivity contribution in [2.45, 2.75) is 13.3 Å². The van der Waals surface area contributed by atoms with Gasteiger partial charge in [-0.1, -0.05) is 60.7 Å². The molecule has 0 N–H and O–H groups in total. The van der Waals surface area contributed by atoms with E-state index in [1.165, 1.54) is 27.5 Å². The second-order valence-electron chi connectivity index (χ2n) is 6.92. The van der Waals surface area contributed by atoms with Crippen molar-refractivity contribution in [2.24, 2.45) is 0 Å². The van der Waals surface area contributed by atoms with Crippen molar-refractivity contribution in [1.29, 1.82) is 0 Å². The molecule has 0 amide bonds. The van der Waals surface area contributed by atoms with Crippen LogP contribution in [0.3, 0.4) is 0 Å². The molecule has 0 unspecified atom stereocenters. The van der Waals surface area contributed by atoms with Crippen LogP contribution in [0.15, 0.2) is 73.3 Å². The quantitative estimate of drug-likeness (QED) is 0.584. The van der Waals surface area contributed by atoms with Gasteiger partial charge in [0.25, 0.3) is 0 Å². The molecule has 3 aromatic rings. The smallest absolute Gasteiger partial charge is 0.0790 e. The maximum atomic E-state index is 5.12. The highest BCUT2D eigenvalue weighted by Gasteiger charge is 2.16. The number of aryl methyl sites for hydroxylation is 1. The average molecular weight is 340 g/mol. The van der Waals surface area contributed by atoms with Crippen molar-refractivity contribution in [3.05, 3.63) is 84.6 Å². The summed E-state index contributed by atoms with van der Waals surface area (Å²) in [5, 5.41) is 2.47. The Labute approximate surface area is 155 Å². The number of nitrogens with zero attached hydrogens (tertiary/aromatic N) is 2. The minimum Gasteiger partial charge on any atom is -0.296 e. The Morgan fingerprint density at radius 1 is 1.12 bits per heavy atom. The predicted molar refractivity (Wildman–Crippen MR) is 111 cm³/mol. The highest BCUT2D eigenvalue weighted by atomic mass is 15.1. The molecule has 26 heavy (non-hydrogen) atoms. The lowest BCUT2D eigenvalue weighted by Crippen LogP contribution is -2.28. The Hall–Kier alpha value is -2.71. The lowest BCUT2D eigenvalue weighted by Gasteiger charge is -2.25. The van der Waals surface area contributed by atoms with Crippen LogP contribution in [0.2, 0.25) is 0 Å². The summed E-state index contributed by atoms with van der Waals surface area (Å²) < 4.78 is 0. The third-order valence-electron chi connectivity index (χ3n) is 5.15. The van der Waals surface area contributed by atoms with Crippen molar-refractivity contribution in [3.63, 3.8) is 0 Å². The van der Waals surface area contributed by atoms with Crippen molar-refractivity contribution in [2.75, 3.05) is 19.6 Å². The fourth-order valence-electron chi connectivity index (χ4n) is 3.70. The number of benzene rings is 2. The second-order valence-corrected chi connectivity index (χ2v) is 6.92. The van der Waals surface area contributed by atoms with Crippen LogP contribution in [0.1, 0.15) is 17.7 Å². The van der Waals surface area contributed by atoms with Crippen LogP contribution in [0.4, 0.5) is 0 Å². The molecule has 2 aromatic carbocycles. The van der Waals surface area contributed by atoms with Gasteiger partial charge in [0.15, 0.2) is 0 Å². The van der Waals surface area contributed by atoms with Crippen LogP contribution in [-0.4, -0.2) is 29.5 Å². The zero-order valence-corrected chi connectivity index (χ0v) is 15.3. The van der Waals surface area contributed by atoms with Crippen molar-refractivity contribution < 1.29 is 0 Å². The van der Waals surface area contributed by atoms with E-state index in [0.29, 0.717) is 0 Å². The number of hydrogen-bond acceptors (Lipinski definition) is 2. The summed E-state index contributed by atoms with van der Waals surface area (Å²) >= 11 is 0.